The van der Waals surface area contributed by atoms with Gasteiger partial charge in [0.15, 0.2) is 0 Å². The van der Waals surface area contributed by atoms with Gasteiger partial charge >= 0.3 is 0 Å². The Kier molecular flexibility index (Phi) is 3.54. The maximum Gasteiger partial charge on any atom is 0.0766 e. The smallest absolute Gasteiger partial charge is 0.0766 e. The number of nitrogens with one attached hydrogen (secondary N) is 1. The van der Waals surface area contributed by atoms with Gasteiger partial charge in [-0.2, -0.15) is 5.10 Å². The first-order chi connectivity index (χ1) is 8.74. The largest absolute Gasteiger partial charge is 0.310 e. The minimum Gasteiger partial charge on any atom is -0.310 e. The second-order valence-corrected chi connectivity index (χ2v) is 6.61. The molecule has 1 aliphatic carbocycles. The maximum absolute atomic E-state index is 4.49. The van der Waals surface area contributed by atoms with Crippen molar-refractivity contribution < 1.29 is 0 Å². The Morgan fingerprint density at radius 3 is 3.06 bits per heavy atom. The first kappa shape index (κ1) is 12.4. The van der Waals surface area contributed by atoms with Gasteiger partial charge in [0.05, 0.1) is 12.7 Å². The lowest BCUT2D eigenvalue weighted by Gasteiger charge is -2.05. The van der Waals surface area contributed by atoms with E-state index in [0.717, 1.165) is 19.1 Å². The van der Waals surface area contributed by atoms with E-state index in [1.807, 2.05) is 6.20 Å². The molecule has 2 aromatic rings. The van der Waals surface area contributed by atoms with Crippen molar-refractivity contribution in [3.05, 3.63) is 38.3 Å². The van der Waals surface area contributed by atoms with Crippen LogP contribution in [0.4, 0.5) is 0 Å². The summed E-state index contributed by atoms with van der Waals surface area (Å²) >= 11 is 5.34. The Labute approximate surface area is 119 Å². The van der Waals surface area contributed by atoms with E-state index < -0.39 is 0 Å². The fourth-order valence-corrected chi connectivity index (χ4v) is 3.39. The zero-order valence-corrected chi connectivity index (χ0v) is 12.7. The maximum atomic E-state index is 4.49. The van der Waals surface area contributed by atoms with Crippen LogP contribution < -0.4 is 5.32 Å². The Hall–Kier alpha value is -0.650. The SMILES string of the molecule is Cc1c(CNC2CC2)cnn1Cc1sccc1Br. The van der Waals surface area contributed by atoms with E-state index in [0.29, 0.717) is 0 Å². The summed E-state index contributed by atoms with van der Waals surface area (Å²) in [5.74, 6) is 0. The van der Waals surface area contributed by atoms with Crippen molar-refractivity contribution in [2.75, 3.05) is 0 Å². The zero-order chi connectivity index (χ0) is 12.5. The van der Waals surface area contributed by atoms with Gasteiger partial charge in [0.2, 0.25) is 0 Å². The number of nitrogens with zero attached hydrogens (tertiary/aromatic N) is 2. The van der Waals surface area contributed by atoms with Gasteiger partial charge in [0.1, 0.15) is 0 Å². The molecular formula is C13H16BrN3S. The van der Waals surface area contributed by atoms with Gasteiger partial charge < -0.3 is 5.32 Å². The van der Waals surface area contributed by atoms with E-state index in [4.69, 9.17) is 0 Å². The number of aromatic nitrogens is 2. The minimum atomic E-state index is 0.749. The molecule has 0 unspecified atom stereocenters. The van der Waals surface area contributed by atoms with Crippen LogP contribution in [-0.4, -0.2) is 15.8 Å². The first-order valence-corrected chi connectivity index (χ1v) is 7.88. The van der Waals surface area contributed by atoms with Crippen LogP contribution in [0.1, 0.15) is 29.0 Å². The van der Waals surface area contributed by atoms with Crippen LogP contribution in [0.5, 0.6) is 0 Å². The molecule has 0 bridgehead atoms. The number of hydrogen-bond donors (Lipinski definition) is 1. The summed E-state index contributed by atoms with van der Waals surface area (Å²) in [6.45, 7) is 3.95. The van der Waals surface area contributed by atoms with Crippen LogP contribution in [0.25, 0.3) is 0 Å². The monoisotopic (exact) mass is 325 g/mol. The van der Waals surface area contributed by atoms with Gasteiger partial charge in [-0.1, -0.05) is 0 Å². The summed E-state index contributed by atoms with van der Waals surface area (Å²) in [5, 5.41) is 10.1. The highest BCUT2D eigenvalue weighted by molar-refractivity contribution is 9.10. The molecule has 3 nitrogen and oxygen atoms in total. The lowest BCUT2D eigenvalue weighted by molar-refractivity contribution is 0.658. The normalized spacial score (nSPS) is 15.2. The predicted molar refractivity (Wildman–Crippen MR) is 77.9 cm³/mol. The van der Waals surface area contributed by atoms with Gasteiger partial charge in [0, 0.05) is 33.2 Å². The summed E-state index contributed by atoms with van der Waals surface area (Å²) in [4.78, 5) is 1.32. The molecule has 1 aliphatic rings. The number of rotatable bonds is 5. The molecule has 18 heavy (non-hydrogen) atoms. The van der Waals surface area contributed by atoms with E-state index in [9.17, 15) is 0 Å². The Balaban J connectivity index is 1.70. The minimum absolute atomic E-state index is 0.749. The van der Waals surface area contributed by atoms with E-state index in [2.05, 4.69) is 49.4 Å². The van der Waals surface area contributed by atoms with Crippen LogP contribution in [0.3, 0.4) is 0 Å². The van der Waals surface area contributed by atoms with Crippen molar-refractivity contribution >= 4 is 27.3 Å². The molecule has 96 valence electrons. The number of hydrogen-bond acceptors (Lipinski definition) is 3. The second kappa shape index (κ2) is 5.15. The van der Waals surface area contributed by atoms with Crippen molar-refractivity contribution in [3.63, 3.8) is 0 Å². The van der Waals surface area contributed by atoms with Crippen LogP contribution in [-0.2, 0) is 13.1 Å². The lowest BCUT2D eigenvalue weighted by Crippen LogP contribution is -2.15. The van der Waals surface area contributed by atoms with Crippen LogP contribution in [0, 0.1) is 6.92 Å². The average molecular weight is 326 g/mol. The van der Waals surface area contributed by atoms with Gasteiger partial charge in [-0.05, 0) is 47.1 Å². The molecule has 2 heterocycles. The van der Waals surface area contributed by atoms with Crippen LogP contribution in [0.2, 0.25) is 0 Å². The van der Waals surface area contributed by atoms with E-state index in [1.165, 1.54) is 33.4 Å². The first-order valence-electron chi connectivity index (χ1n) is 6.20. The highest BCUT2D eigenvalue weighted by atomic mass is 79.9. The Morgan fingerprint density at radius 2 is 2.39 bits per heavy atom. The van der Waals surface area contributed by atoms with Crippen LogP contribution >= 0.6 is 27.3 Å². The molecule has 0 aromatic carbocycles. The highest BCUT2D eigenvalue weighted by Crippen LogP contribution is 2.24. The molecule has 3 rings (SSSR count). The molecule has 1 N–H and O–H groups in total. The Bertz CT molecular complexity index is 542. The van der Waals surface area contributed by atoms with Crippen LogP contribution in [0.15, 0.2) is 22.1 Å². The van der Waals surface area contributed by atoms with Crippen molar-refractivity contribution in [3.8, 4) is 0 Å². The molecule has 0 radical (unpaired) electrons. The summed E-state index contributed by atoms with van der Waals surface area (Å²) in [5.41, 5.74) is 2.58. The molecular weight excluding hydrogens is 310 g/mol. The van der Waals surface area contributed by atoms with E-state index in [1.54, 1.807) is 11.3 Å². The second-order valence-electron chi connectivity index (χ2n) is 4.76. The number of thiophene rings is 1. The third kappa shape index (κ3) is 2.68. The van der Waals surface area contributed by atoms with E-state index in [-0.39, 0.29) is 0 Å². The van der Waals surface area contributed by atoms with Crippen molar-refractivity contribution in [1.29, 1.82) is 0 Å². The van der Waals surface area contributed by atoms with Crippen molar-refractivity contribution in [2.24, 2.45) is 0 Å². The Morgan fingerprint density at radius 1 is 1.56 bits per heavy atom. The highest BCUT2D eigenvalue weighted by Gasteiger charge is 2.20. The van der Waals surface area contributed by atoms with Gasteiger partial charge in [-0.3, -0.25) is 4.68 Å². The summed E-state index contributed by atoms with van der Waals surface area (Å²) in [7, 11) is 0. The average Bonchev–Trinajstić information content (AvgIpc) is 3.02. The molecule has 0 saturated heterocycles. The van der Waals surface area contributed by atoms with Gasteiger partial charge in [-0.25, -0.2) is 0 Å². The predicted octanol–water partition coefficient (Wildman–Crippen LogP) is 3.32. The van der Waals surface area contributed by atoms with Crippen molar-refractivity contribution in [2.45, 2.75) is 38.9 Å². The van der Waals surface area contributed by atoms with E-state index >= 15 is 0 Å². The molecule has 2 aromatic heterocycles. The quantitative estimate of drug-likeness (QED) is 0.913. The molecule has 1 fully saturated rings. The summed E-state index contributed by atoms with van der Waals surface area (Å²) in [6, 6.07) is 2.84. The molecule has 0 aliphatic heterocycles. The topological polar surface area (TPSA) is 29.9 Å². The zero-order valence-electron chi connectivity index (χ0n) is 10.3. The molecule has 1 saturated carbocycles. The third-order valence-corrected chi connectivity index (χ3v) is 5.26. The number of halogens is 1. The summed E-state index contributed by atoms with van der Waals surface area (Å²) in [6.07, 6.45) is 4.65. The van der Waals surface area contributed by atoms with Gasteiger partial charge in [0.25, 0.3) is 0 Å². The van der Waals surface area contributed by atoms with Crippen molar-refractivity contribution in [1.82, 2.24) is 15.1 Å². The standard InChI is InChI=1S/C13H16BrN3S/c1-9-10(6-15-11-2-3-11)7-16-17(9)8-13-12(14)4-5-18-13/h4-5,7,11,15H,2-3,6,8H2,1H3. The lowest BCUT2D eigenvalue weighted by atomic mass is 10.2. The third-order valence-electron chi connectivity index (χ3n) is 3.35. The molecule has 0 amide bonds. The summed E-state index contributed by atoms with van der Waals surface area (Å²) < 4.78 is 3.26. The van der Waals surface area contributed by atoms with Gasteiger partial charge in [-0.15, -0.1) is 11.3 Å². The molecule has 0 spiro atoms. The fourth-order valence-electron chi connectivity index (χ4n) is 1.93. The fraction of sp³-hybridized carbons (Fsp3) is 0.462. The molecule has 5 heteroatoms. The molecule has 0 atom stereocenters.